The molecule has 0 aliphatic rings. The molecule has 7 heteroatoms. The minimum atomic E-state index is -4.37. The number of unbranched alkanes of at least 4 members (excludes halogenated alkanes) is 1. The highest BCUT2D eigenvalue weighted by atomic mass is 19.4. The van der Waals surface area contributed by atoms with Gasteiger partial charge in [0.1, 0.15) is 6.61 Å². The number of halogens is 3. The fourth-order valence-electron chi connectivity index (χ4n) is 1.66. The molecular formula is C14H18F3NO3. The van der Waals surface area contributed by atoms with Crippen LogP contribution < -0.4 is 0 Å². The predicted octanol–water partition coefficient (Wildman–Crippen LogP) is 2.58. The molecule has 2 N–H and O–H groups in total. The van der Waals surface area contributed by atoms with Crippen LogP contribution in [0.4, 0.5) is 13.2 Å². The third-order valence-corrected chi connectivity index (χ3v) is 2.72. The molecule has 0 bridgehead atoms. The lowest BCUT2D eigenvalue weighted by molar-refractivity contribution is -0.137. The molecule has 0 unspecified atom stereocenters. The van der Waals surface area contributed by atoms with E-state index in [1.54, 1.807) is 0 Å². The molecule has 4 nitrogen and oxygen atoms in total. The maximum Gasteiger partial charge on any atom is 0.416 e. The molecule has 1 aromatic carbocycles. The van der Waals surface area contributed by atoms with Crippen molar-refractivity contribution < 1.29 is 28.2 Å². The number of alkyl halides is 3. The van der Waals surface area contributed by atoms with Crippen molar-refractivity contribution >= 4 is 5.71 Å². The fourth-order valence-corrected chi connectivity index (χ4v) is 1.66. The first-order valence-corrected chi connectivity index (χ1v) is 6.57. The van der Waals surface area contributed by atoms with E-state index in [0.717, 1.165) is 12.1 Å². The van der Waals surface area contributed by atoms with Crippen molar-refractivity contribution in [3.63, 3.8) is 0 Å². The van der Waals surface area contributed by atoms with E-state index in [1.165, 1.54) is 12.1 Å². The van der Waals surface area contributed by atoms with Crippen LogP contribution in [-0.2, 0) is 11.0 Å². The van der Waals surface area contributed by atoms with E-state index in [9.17, 15) is 13.2 Å². The van der Waals surface area contributed by atoms with Crippen LogP contribution in [0.2, 0.25) is 0 Å². The molecule has 0 amide bonds. The Morgan fingerprint density at radius 2 is 1.71 bits per heavy atom. The van der Waals surface area contributed by atoms with E-state index in [2.05, 4.69) is 5.16 Å². The SMILES string of the molecule is OCCCC/C(=N\OCCO)c1ccc(C(F)(F)F)cc1. The molecule has 0 aliphatic heterocycles. The van der Waals surface area contributed by atoms with E-state index in [1.807, 2.05) is 0 Å². The quantitative estimate of drug-likeness (QED) is 0.441. The third-order valence-electron chi connectivity index (χ3n) is 2.72. The summed E-state index contributed by atoms with van der Waals surface area (Å²) in [6.45, 7) is -0.137. The van der Waals surface area contributed by atoms with Gasteiger partial charge in [0.25, 0.3) is 0 Å². The summed E-state index contributed by atoms with van der Waals surface area (Å²) in [4.78, 5) is 4.88. The average molecular weight is 305 g/mol. The first kappa shape index (κ1) is 17.5. The van der Waals surface area contributed by atoms with Crippen LogP contribution in [0.3, 0.4) is 0 Å². The van der Waals surface area contributed by atoms with Gasteiger partial charge in [0.05, 0.1) is 17.9 Å². The van der Waals surface area contributed by atoms with Gasteiger partial charge < -0.3 is 15.1 Å². The molecule has 0 fully saturated rings. The topological polar surface area (TPSA) is 62.1 Å². The fraction of sp³-hybridized carbons (Fsp3) is 0.500. The van der Waals surface area contributed by atoms with Crippen LogP contribution in [0.25, 0.3) is 0 Å². The maximum absolute atomic E-state index is 12.5. The van der Waals surface area contributed by atoms with Crippen molar-refractivity contribution in [3.05, 3.63) is 35.4 Å². The van der Waals surface area contributed by atoms with Crippen LogP contribution in [0.5, 0.6) is 0 Å². The molecule has 0 aromatic heterocycles. The summed E-state index contributed by atoms with van der Waals surface area (Å²) < 4.78 is 37.5. The largest absolute Gasteiger partial charge is 0.416 e. The smallest absolute Gasteiger partial charge is 0.396 e. The first-order valence-electron chi connectivity index (χ1n) is 6.57. The first-order chi connectivity index (χ1) is 9.99. The number of rotatable bonds is 8. The normalized spacial score (nSPS) is 12.5. The molecule has 0 saturated carbocycles. The molecule has 118 valence electrons. The zero-order chi connectivity index (χ0) is 15.7. The highest BCUT2D eigenvalue weighted by Gasteiger charge is 2.30. The van der Waals surface area contributed by atoms with Crippen molar-refractivity contribution in [3.8, 4) is 0 Å². The minimum absolute atomic E-state index is 0.0180. The second kappa shape index (κ2) is 8.63. The van der Waals surface area contributed by atoms with Crippen molar-refractivity contribution in [2.45, 2.75) is 25.4 Å². The Kier molecular flexibility index (Phi) is 7.18. The van der Waals surface area contributed by atoms with Crippen LogP contribution >= 0.6 is 0 Å². The number of aliphatic hydroxyl groups is 2. The van der Waals surface area contributed by atoms with Crippen molar-refractivity contribution in [1.29, 1.82) is 0 Å². The number of nitrogens with zero attached hydrogens (tertiary/aromatic N) is 1. The molecule has 1 aromatic rings. The number of hydrogen-bond donors (Lipinski definition) is 2. The van der Waals surface area contributed by atoms with Gasteiger partial charge in [-0.15, -0.1) is 0 Å². The Hall–Kier alpha value is -1.60. The van der Waals surface area contributed by atoms with E-state index in [-0.39, 0.29) is 19.8 Å². The van der Waals surface area contributed by atoms with Gasteiger partial charge in [-0.2, -0.15) is 13.2 Å². The van der Waals surface area contributed by atoms with Gasteiger partial charge in [0.15, 0.2) is 0 Å². The Morgan fingerprint density at radius 1 is 1.05 bits per heavy atom. The van der Waals surface area contributed by atoms with Gasteiger partial charge in [-0.05, 0) is 37.0 Å². The predicted molar refractivity (Wildman–Crippen MR) is 72.0 cm³/mol. The van der Waals surface area contributed by atoms with Crippen LogP contribution in [-0.4, -0.2) is 35.7 Å². The molecule has 0 atom stereocenters. The summed E-state index contributed by atoms with van der Waals surface area (Å²) in [5.41, 5.74) is 0.293. The lowest BCUT2D eigenvalue weighted by Crippen LogP contribution is -2.08. The molecule has 1 rings (SSSR count). The monoisotopic (exact) mass is 305 g/mol. The molecule has 0 saturated heterocycles. The summed E-state index contributed by atoms with van der Waals surface area (Å²) >= 11 is 0. The lowest BCUT2D eigenvalue weighted by atomic mass is 10.0. The van der Waals surface area contributed by atoms with Gasteiger partial charge in [0.2, 0.25) is 0 Å². The number of benzene rings is 1. The van der Waals surface area contributed by atoms with Crippen molar-refractivity contribution in [1.82, 2.24) is 0 Å². The highest BCUT2D eigenvalue weighted by molar-refractivity contribution is 6.00. The van der Waals surface area contributed by atoms with Crippen LogP contribution in [0, 0.1) is 0 Å². The van der Waals surface area contributed by atoms with Gasteiger partial charge in [-0.25, -0.2) is 0 Å². The standard InChI is InChI=1S/C14H18F3NO3/c15-14(16,17)12-6-4-11(5-7-12)13(3-1-2-8-19)18-21-10-9-20/h4-7,19-20H,1-3,8-10H2/b18-13+. The second-order valence-electron chi connectivity index (χ2n) is 4.35. The molecule has 0 aliphatic carbocycles. The van der Waals surface area contributed by atoms with Crippen molar-refractivity contribution in [2.75, 3.05) is 19.8 Å². The second-order valence-corrected chi connectivity index (χ2v) is 4.35. The number of aliphatic hydroxyl groups excluding tert-OH is 2. The maximum atomic E-state index is 12.5. The molecule has 0 heterocycles. The summed E-state index contributed by atoms with van der Waals surface area (Å²) in [5.74, 6) is 0. The molecule has 0 spiro atoms. The molecular weight excluding hydrogens is 287 g/mol. The summed E-state index contributed by atoms with van der Waals surface area (Å²) in [7, 11) is 0. The molecule has 0 radical (unpaired) electrons. The van der Waals surface area contributed by atoms with Crippen LogP contribution in [0.15, 0.2) is 29.4 Å². The number of oxime groups is 1. The van der Waals surface area contributed by atoms with E-state index >= 15 is 0 Å². The summed E-state index contributed by atoms with van der Waals surface area (Å²) in [6, 6.07) is 4.65. The van der Waals surface area contributed by atoms with E-state index < -0.39 is 11.7 Å². The summed E-state index contributed by atoms with van der Waals surface area (Å²) in [6.07, 6.45) is -2.70. The third kappa shape index (κ3) is 6.14. The van der Waals surface area contributed by atoms with E-state index in [4.69, 9.17) is 15.1 Å². The Morgan fingerprint density at radius 3 is 2.24 bits per heavy atom. The Balaban J connectivity index is 2.83. The van der Waals surface area contributed by atoms with Gasteiger partial charge in [0, 0.05) is 6.61 Å². The van der Waals surface area contributed by atoms with Gasteiger partial charge in [-0.3, -0.25) is 0 Å². The molecule has 21 heavy (non-hydrogen) atoms. The Labute approximate surface area is 120 Å². The van der Waals surface area contributed by atoms with Gasteiger partial charge >= 0.3 is 6.18 Å². The van der Waals surface area contributed by atoms with E-state index in [0.29, 0.717) is 30.5 Å². The average Bonchev–Trinajstić information content (AvgIpc) is 2.45. The van der Waals surface area contributed by atoms with Gasteiger partial charge in [-0.1, -0.05) is 17.3 Å². The highest BCUT2D eigenvalue weighted by Crippen LogP contribution is 2.29. The zero-order valence-electron chi connectivity index (χ0n) is 11.4. The summed E-state index contributed by atoms with van der Waals surface area (Å²) in [5, 5.41) is 21.2. The Bertz CT molecular complexity index is 444. The van der Waals surface area contributed by atoms with Crippen molar-refractivity contribution in [2.24, 2.45) is 5.16 Å². The number of hydrogen-bond acceptors (Lipinski definition) is 4. The van der Waals surface area contributed by atoms with Crippen LogP contribution in [0.1, 0.15) is 30.4 Å². The zero-order valence-corrected chi connectivity index (χ0v) is 11.4. The lowest BCUT2D eigenvalue weighted by Gasteiger charge is -2.09. The minimum Gasteiger partial charge on any atom is -0.396 e.